The topological polar surface area (TPSA) is 67.9 Å². The minimum absolute atomic E-state index is 0.0628. The molecule has 1 aromatic carbocycles. The molecule has 2 aliphatic heterocycles. The van der Waals surface area contributed by atoms with Crippen molar-refractivity contribution in [3.63, 3.8) is 0 Å². The van der Waals surface area contributed by atoms with Gasteiger partial charge in [-0.15, -0.1) is 0 Å². The van der Waals surface area contributed by atoms with E-state index in [0.29, 0.717) is 47.8 Å². The number of nitrogens with one attached hydrogen (secondary N) is 1. The van der Waals surface area contributed by atoms with E-state index in [4.69, 9.17) is 9.47 Å². The number of fused-ring (bicyclic) bond motifs is 1. The first-order valence-corrected chi connectivity index (χ1v) is 9.71. The summed E-state index contributed by atoms with van der Waals surface area (Å²) >= 11 is 0. The molecule has 1 atom stereocenters. The van der Waals surface area contributed by atoms with Crippen LogP contribution in [0.15, 0.2) is 23.1 Å². The van der Waals surface area contributed by atoms with Crippen molar-refractivity contribution in [3.05, 3.63) is 18.2 Å². The lowest BCUT2D eigenvalue weighted by Gasteiger charge is -2.31. The number of amides is 1. The Kier molecular flexibility index (Phi) is 5.73. The van der Waals surface area contributed by atoms with Gasteiger partial charge in [0.25, 0.3) is 0 Å². The number of carbonyl (C=O) groups is 1. The minimum atomic E-state index is -1.22. The molecule has 0 spiro atoms. The lowest BCUT2D eigenvalue weighted by Crippen LogP contribution is -2.44. The highest BCUT2D eigenvalue weighted by Crippen LogP contribution is 2.31. The summed E-state index contributed by atoms with van der Waals surface area (Å²) < 4.78 is 23.4. The first-order valence-electron chi connectivity index (χ1n) is 8.39. The summed E-state index contributed by atoms with van der Waals surface area (Å²) in [6.45, 7) is 2.94. The van der Waals surface area contributed by atoms with Gasteiger partial charge < -0.3 is 19.7 Å². The number of piperidine rings is 1. The van der Waals surface area contributed by atoms with Gasteiger partial charge in [0.05, 0.1) is 10.8 Å². The molecule has 0 aromatic heterocycles. The molecule has 7 heteroatoms. The van der Waals surface area contributed by atoms with E-state index in [1.54, 1.807) is 18.2 Å². The number of rotatable bonds is 5. The summed E-state index contributed by atoms with van der Waals surface area (Å²) in [5, 5.41) is 3.30. The predicted molar refractivity (Wildman–Crippen MR) is 92.0 cm³/mol. The lowest BCUT2D eigenvalue weighted by atomic mass is 10.1. The molecule has 1 amide bonds. The van der Waals surface area contributed by atoms with Crippen molar-refractivity contribution in [2.24, 2.45) is 0 Å². The molecule has 132 valence electrons. The Labute approximate surface area is 145 Å². The summed E-state index contributed by atoms with van der Waals surface area (Å²) in [5.74, 6) is 1.70. The Morgan fingerprint density at radius 3 is 2.71 bits per heavy atom. The zero-order valence-corrected chi connectivity index (χ0v) is 14.8. The third-order valence-electron chi connectivity index (χ3n) is 4.53. The van der Waals surface area contributed by atoms with Crippen molar-refractivity contribution in [2.75, 3.05) is 39.1 Å². The summed E-state index contributed by atoms with van der Waals surface area (Å²) in [6, 6.07) is 5.61. The molecule has 1 aromatic rings. The number of ether oxygens (including phenoxy) is 2. The second-order valence-corrected chi connectivity index (χ2v) is 7.66. The Morgan fingerprint density at radius 2 is 1.96 bits per heavy atom. The molecule has 0 radical (unpaired) electrons. The van der Waals surface area contributed by atoms with Gasteiger partial charge in [-0.3, -0.25) is 9.00 Å². The monoisotopic (exact) mass is 352 g/mol. The first-order chi connectivity index (χ1) is 11.6. The van der Waals surface area contributed by atoms with E-state index in [-0.39, 0.29) is 5.91 Å². The number of carbonyl (C=O) groups excluding carboxylic acids is 1. The van der Waals surface area contributed by atoms with E-state index in [9.17, 15) is 9.00 Å². The highest BCUT2D eigenvalue weighted by molar-refractivity contribution is 7.85. The summed E-state index contributed by atoms with van der Waals surface area (Å²) in [7, 11) is 0.634. The van der Waals surface area contributed by atoms with E-state index in [1.807, 2.05) is 11.9 Å². The summed E-state index contributed by atoms with van der Waals surface area (Å²) in [4.78, 5) is 14.8. The van der Waals surface area contributed by atoms with Gasteiger partial charge in [-0.1, -0.05) is 0 Å². The van der Waals surface area contributed by atoms with Crippen LogP contribution in [0.2, 0.25) is 0 Å². The van der Waals surface area contributed by atoms with E-state index >= 15 is 0 Å². The molecule has 2 heterocycles. The largest absolute Gasteiger partial charge is 0.486 e. The van der Waals surface area contributed by atoms with Crippen LogP contribution in [-0.4, -0.2) is 60.2 Å². The second-order valence-electron chi connectivity index (χ2n) is 6.09. The van der Waals surface area contributed by atoms with Gasteiger partial charge >= 0.3 is 0 Å². The minimum Gasteiger partial charge on any atom is -0.486 e. The number of nitrogens with zero attached hydrogens (tertiary/aromatic N) is 1. The van der Waals surface area contributed by atoms with Crippen molar-refractivity contribution >= 4 is 16.7 Å². The quantitative estimate of drug-likeness (QED) is 0.861. The van der Waals surface area contributed by atoms with Gasteiger partial charge in [-0.05, 0) is 38.1 Å². The number of hydrogen-bond acceptors (Lipinski definition) is 5. The van der Waals surface area contributed by atoms with Crippen LogP contribution < -0.4 is 14.8 Å². The number of hydrogen-bond donors (Lipinski definition) is 1. The molecule has 1 N–H and O–H groups in total. The molecular weight excluding hydrogens is 328 g/mol. The molecule has 24 heavy (non-hydrogen) atoms. The van der Waals surface area contributed by atoms with Crippen molar-refractivity contribution < 1.29 is 18.5 Å². The average Bonchev–Trinajstić information content (AvgIpc) is 2.65. The fourth-order valence-corrected chi connectivity index (χ4v) is 4.09. The Hall–Kier alpha value is -1.60. The number of benzene rings is 1. The molecular formula is C17H24N2O4S. The molecule has 0 bridgehead atoms. The normalized spacial score (nSPS) is 18.9. The van der Waals surface area contributed by atoms with Crippen LogP contribution in [0.25, 0.3) is 0 Å². The van der Waals surface area contributed by atoms with Gasteiger partial charge in [0.15, 0.2) is 11.5 Å². The highest BCUT2D eigenvalue weighted by atomic mass is 32.2. The third kappa shape index (κ3) is 4.08. The van der Waals surface area contributed by atoms with Gasteiger partial charge in [0.1, 0.15) is 13.2 Å². The lowest BCUT2D eigenvalue weighted by molar-refractivity contribution is -0.131. The van der Waals surface area contributed by atoms with Crippen LogP contribution in [0.4, 0.5) is 0 Å². The highest BCUT2D eigenvalue weighted by Gasteiger charge is 2.22. The predicted octanol–water partition coefficient (Wildman–Crippen LogP) is 1.17. The van der Waals surface area contributed by atoms with Crippen LogP contribution in [0, 0.1) is 0 Å². The summed E-state index contributed by atoms with van der Waals surface area (Å²) in [6.07, 6.45) is 2.25. The molecule has 6 nitrogen and oxygen atoms in total. The Morgan fingerprint density at radius 1 is 1.25 bits per heavy atom. The molecule has 0 saturated carbocycles. The molecule has 0 aliphatic carbocycles. The van der Waals surface area contributed by atoms with E-state index < -0.39 is 10.8 Å². The van der Waals surface area contributed by atoms with Crippen LogP contribution in [0.1, 0.15) is 19.3 Å². The van der Waals surface area contributed by atoms with E-state index in [0.717, 1.165) is 25.9 Å². The Balaban J connectivity index is 1.54. The van der Waals surface area contributed by atoms with Crippen LogP contribution in [-0.2, 0) is 15.6 Å². The maximum Gasteiger partial charge on any atom is 0.223 e. The fraction of sp³-hybridized carbons (Fsp3) is 0.588. The molecule has 3 rings (SSSR count). The maximum absolute atomic E-state index is 12.5. The first kappa shape index (κ1) is 17.2. The standard InChI is InChI=1S/C17H24N2O4S/c1-19(13-4-7-18-8-5-13)17(20)6-11-24(21)14-2-3-15-16(12-14)23-10-9-22-15/h2-3,12-13,18H,4-11H2,1H3. The zero-order valence-electron chi connectivity index (χ0n) is 14.0. The smallest absolute Gasteiger partial charge is 0.223 e. The van der Waals surface area contributed by atoms with Gasteiger partial charge in [0.2, 0.25) is 5.91 Å². The van der Waals surface area contributed by atoms with Crippen molar-refractivity contribution in [1.82, 2.24) is 10.2 Å². The second kappa shape index (κ2) is 7.98. The van der Waals surface area contributed by atoms with Crippen LogP contribution >= 0.6 is 0 Å². The van der Waals surface area contributed by atoms with Gasteiger partial charge in [0, 0.05) is 36.2 Å². The van der Waals surface area contributed by atoms with Crippen molar-refractivity contribution in [1.29, 1.82) is 0 Å². The van der Waals surface area contributed by atoms with Crippen molar-refractivity contribution in [3.8, 4) is 11.5 Å². The molecule has 2 aliphatic rings. The van der Waals surface area contributed by atoms with Gasteiger partial charge in [-0.2, -0.15) is 0 Å². The average molecular weight is 352 g/mol. The maximum atomic E-state index is 12.5. The molecule has 1 unspecified atom stereocenters. The summed E-state index contributed by atoms with van der Waals surface area (Å²) in [5.41, 5.74) is 0. The van der Waals surface area contributed by atoms with Gasteiger partial charge in [-0.25, -0.2) is 0 Å². The van der Waals surface area contributed by atoms with Crippen LogP contribution in [0.3, 0.4) is 0 Å². The SMILES string of the molecule is CN(C(=O)CCS(=O)c1ccc2c(c1)OCCO2)C1CCNCC1. The van der Waals surface area contributed by atoms with Crippen LogP contribution in [0.5, 0.6) is 11.5 Å². The fourth-order valence-electron chi connectivity index (χ4n) is 3.04. The molecule has 1 fully saturated rings. The zero-order chi connectivity index (χ0) is 16.9. The van der Waals surface area contributed by atoms with Crippen molar-refractivity contribution in [2.45, 2.75) is 30.2 Å². The third-order valence-corrected chi connectivity index (χ3v) is 5.88. The molecule has 1 saturated heterocycles. The van der Waals surface area contributed by atoms with E-state index in [1.165, 1.54) is 0 Å². The van der Waals surface area contributed by atoms with E-state index in [2.05, 4.69) is 5.32 Å². The Bertz CT molecular complexity index is 617.